The first-order valence-electron chi connectivity index (χ1n) is 9.15. The van der Waals surface area contributed by atoms with Crippen molar-refractivity contribution >= 4 is 11.7 Å². The molecule has 0 bridgehead atoms. The fraction of sp³-hybridized carbons (Fsp3) is 0.556. The number of nitrogens with one attached hydrogen (secondary N) is 1. The molecular formula is C18H24N6O. The molecule has 7 nitrogen and oxygen atoms in total. The van der Waals surface area contributed by atoms with E-state index in [4.69, 9.17) is 0 Å². The van der Waals surface area contributed by atoms with E-state index in [1.54, 1.807) is 6.20 Å². The number of carbonyl (C=O) groups excluding carboxylic acids is 1. The van der Waals surface area contributed by atoms with Crippen LogP contribution in [0.4, 0.5) is 5.82 Å². The average Bonchev–Trinajstić information content (AvgIpc) is 3.39. The minimum absolute atomic E-state index is 0.0697. The van der Waals surface area contributed by atoms with Gasteiger partial charge in [0, 0.05) is 37.8 Å². The van der Waals surface area contributed by atoms with Crippen molar-refractivity contribution in [2.75, 3.05) is 24.5 Å². The van der Waals surface area contributed by atoms with E-state index in [1.165, 1.54) is 12.8 Å². The highest BCUT2D eigenvalue weighted by Gasteiger charge is 2.31. The third kappa shape index (κ3) is 3.36. The van der Waals surface area contributed by atoms with Crippen LogP contribution in [0.25, 0.3) is 0 Å². The first kappa shape index (κ1) is 16.1. The Morgan fingerprint density at radius 1 is 1.24 bits per heavy atom. The summed E-state index contributed by atoms with van der Waals surface area (Å²) in [6.07, 6.45) is 8.19. The number of carbonyl (C=O) groups is 1. The Labute approximate surface area is 147 Å². The van der Waals surface area contributed by atoms with Crippen molar-refractivity contribution in [3.8, 4) is 0 Å². The van der Waals surface area contributed by atoms with Crippen molar-refractivity contribution in [2.45, 2.75) is 44.6 Å². The maximum absolute atomic E-state index is 11.8. The quantitative estimate of drug-likeness (QED) is 0.902. The second-order valence-corrected chi connectivity index (χ2v) is 6.85. The lowest BCUT2D eigenvalue weighted by Crippen LogP contribution is -2.34. The molecule has 4 rings (SSSR count). The highest BCUT2D eigenvalue weighted by atomic mass is 16.1. The van der Waals surface area contributed by atoms with E-state index < -0.39 is 0 Å². The zero-order chi connectivity index (χ0) is 17.2. The van der Waals surface area contributed by atoms with E-state index in [2.05, 4.69) is 30.0 Å². The fourth-order valence-corrected chi connectivity index (χ4v) is 3.51. The van der Waals surface area contributed by atoms with Crippen molar-refractivity contribution in [3.05, 3.63) is 36.0 Å². The number of amides is 1. The van der Waals surface area contributed by atoms with Gasteiger partial charge in [-0.15, -0.1) is 10.2 Å². The Hall–Kier alpha value is -2.44. The molecule has 1 aliphatic carbocycles. The normalized spacial score (nSPS) is 18.4. The molecule has 3 heterocycles. The summed E-state index contributed by atoms with van der Waals surface area (Å²) >= 11 is 0. The number of pyridine rings is 1. The predicted octanol–water partition coefficient (Wildman–Crippen LogP) is 2.14. The van der Waals surface area contributed by atoms with Crippen molar-refractivity contribution in [1.29, 1.82) is 0 Å². The summed E-state index contributed by atoms with van der Waals surface area (Å²) in [6, 6.07) is 4.42. The average molecular weight is 340 g/mol. The summed E-state index contributed by atoms with van der Waals surface area (Å²) in [4.78, 5) is 18.6. The Morgan fingerprint density at radius 3 is 2.68 bits per heavy atom. The Kier molecular flexibility index (Phi) is 4.38. The number of hydrogen-bond acceptors (Lipinski definition) is 5. The third-order valence-corrected chi connectivity index (χ3v) is 5.07. The molecule has 1 N–H and O–H groups in total. The van der Waals surface area contributed by atoms with Gasteiger partial charge in [-0.25, -0.2) is 4.98 Å². The maximum atomic E-state index is 11.8. The van der Waals surface area contributed by atoms with Crippen LogP contribution in [0.1, 0.15) is 60.7 Å². The zero-order valence-corrected chi connectivity index (χ0v) is 14.6. The smallest absolute Gasteiger partial charge is 0.252 e. The molecule has 0 spiro atoms. The lowest BCUT2D eigenvalue weighted by molar-refractivity contribution is 0.0955. The van der Waals surface area contributed by atoms with Crippen molar-refractivity contribution in [2.24, 2.45) is 0 Å². The summed E-state index contributed by atoms with van der Waals surface area (Å²) in [5.74, 6) is 2.51. The van der Waals surface area contributed by atoms with Gasteiger partial charge in [-0.05, 0) is 44.7 Å². The summed E-state index contributed by atoms with van der Waals surface area (Å²) in [6.45, 7) is 4.44. The number of nitrogens with zero attached hydrogens (tertiary/aromatic N) is 5. The summed E-state index contributed by atoms with van der Waals surface area (Å²) in [7, 11) is 0. The van der Waals surface area contributed by atoms with E-state index in [1.807, 2.05) is 25.4 Å². The van der Waals surface area contributed by atoms with E-state index >= 15 is 0 Å². The maximum Gasteiger partial charge on any atom is 0.252 e. The largest absolute Gasteiger partial charge is 0.357 e. The van der Waals surface area contributed by atoms with E-state index in [0.29, 0.717) is 24.1 Å². The molecule has 1 saturated carbocycles. The molecule has 1 aliphatic heterocycles. The molecule has 1 amide bonds. The van der Waals surface area contributed by atoms with Crippen molar-refractivity contribution in [1.82, 2.24) is 25.1 Å². The Bertz CT molecular complexity index is 728. The van der Waals surface area contributed by atoms with Gasteiger partial charge in [-0.2, -0.15) is 0 Å². The molecule has 2 fully saturated rings. The fourth-order valence-electron chi connectivity index (χ4n) is 3.51. The molecule has 132 valence electrons. The number of piperidine rings is 1. The van der Waals surface area contributed by atoms with Crippen LogP contribution in [0, 0.1) is 0 Å². The van der Waals surface area contributed by atoms with Crippen LogP contribution in [-0.4, -0.2) is 45.3 Å². The van der Waals surface area contributed by atoms with Crippen molar-refractivity contribution < 1.29 is 4.79 Å². The van der Waals surface area contributed by atoms with Crippen LogP contribution < -0.4 is 10.2 Å². The molecule has 0 unspecified atom stereocenters. The first-order valence-corrected chi connectivity index (χ1v) is 9.15. The van der Waals surface area contributed by atoms with Crippen LogP contribution in [0.15, 0.2) is 24.7 Å². The number of aromatic nitrogens is 4. The standard InChI is InChI=1S/C18H24N6O/c1-2-19-18(25)14-3-6-16(20-11-14)23-9-7-13(8-10-23)17-22-21-12-24(17)15-4-5-15/h3,6,11-13,15H,2,4-5,7-10H2,1H3,(H,19,25). The van der Waals surface area contributed by atoms with E-state index in [0.717, 1.165) is 37.6 Å². The van der Waals surface area contributed by atoms with E-state index in [9.17, 15) is 4.79 Å². The lowest BCUT2D eigenvalue weighted by atomic mass is 9.96. The summed E-state index contributed by atoms with van der Waals surface area (Å²) in [5.41, 5.74) is 0.609. The number of anilines is 1. The SMILES string of the molecule is CCNC(=O)c1ccc(N2CCC(c3nncn3C3CC3)CC2)nc1. The molecule has 2 aromatic heterocycles. The van der Waals surface area contributed by atoms with Gasteiger partial charge < -0.3 is 14.8 Å². The number of rotatable bonds is 5. The molecule has 7 heteroatoms. The third-order valence-electron chi connectivity index (χ3n) is 5.07. The van der Waals surface area contributed by atoms with Gasteiger partial charge in [0.15, 0.2) is 0 Å². The predicted molar refractivity (Wildman–Crippen MR) is 94.7 cm³/mol. The first-order chi connectivity index (χ1) is 12.3. The van der Waals surface area contributed by atoms with Gasteiger partial charge in [-0.3, -0.25) is 4.79 Å². The van der Waals surface area contributed by atoms with Crippen molar-refractivity contribution in [3.63, 3.8) is 0 Å². The molecular weight excluding hydrogens is 316 g/mol. The zero-order valence-electron chi connectivity index (χ0n) is 14.6. The van der Waals surface area contributed by atoms with Gasteiger partial charge in [0.2, 0.25) is 0 Å². The molecule has 2 aromatic rings. The second kappa shape index (κ2) is 6.82. The van der Waals surface area contributed by atoms with Crippen LogP contribution in [0.2, 0.25) is 0 Å². The van der Waals surface area contributed by atoms with Gasteiger partial charge in [-0.1, -0.05) is 0 Å². The topological polar surface area (TPSA) is 75.9 Å². The molecule has 0 atom stereocenters. The van der Waals surface area contributed by atoms with Crippen LogP contribution in [-0.2, 0) is 0 Å². The lowest BCUT2D eigenvalue weighted by Gasteiger charge is -2.32. The Balaban J connectivity index is 1.38. The Morgan fingerprint density at radius 2 is 2.04 bits per heavy atom. The summed E-state index contributed by atoms with van der Waals surface area (Å²) < 4.78 is 2.28. The molecule has 2 aliphatic rings. The van der Waals surface area contributed by atoms with Crippen LogP contribution >= 0.6 is 0 Å². The monoisotopic (exact) mass is 340 g/mol. The summed E-state index contributed by atoms with van der Waals surface area (Å²) in [5, 5.41) is 11.3. The highest BCUT2D eigenvalue weighted by Crippen LogP contribution is 2.38. The van der Waals surface area contributed by atoms with Crippen LogP contribution in [0.3, 0.4) is 0 Å². The minimum Gasteiger partial charge on any atom is -0.357 e. The highest BCUT2D eigenvalue weighted by molar-refractivity contribution is 5.93. The molecule has 1 saturated heterocycles. The van der Waals surface area contributed by atoms with Gasteiger partial charge in [0.05, 0.1) is 5.56 Å². The van der Waals surface area contributed by atoms with E-state index in [-0.39, 0.29) is 5.91 Å². The molecule has 0 radical (unpaired) electrons. The van der Waals surface area contributed by atoms with Gasteiger partial charge in [0.1, 0.15) is 18.0 Å². The van der Waals surface area contributed by atoms with Crippen LogP contribution in [0.5, 0.6) is 0 Å². The van der Waals surface area contributed by atoms with Gasteiger partial charge >= 0.3 is 0 Å². The molecule has 0 aromatic carbocycles. The molecule has 25 heavy (non-hydrogen) atoms. The van der Waals surface area contributed by atoms with Gasteiger partial charge in [0.25, 0.3) is 5.91 Å². The number of hydrogen-bond donors (Lipinski definition) is 1. The minimum atomic E-state index is -0.0697. The second-order valence-electron chi connectivity index (χ2n) is 6.85.